The van der Waals surface area contributed by atoms with E-state index in [2.05, 4.69) is 4.98 Å². The number of hydrogen-bond acceptors (Lipinski definition) is 3. The predicted octanol–water partition coefficient (Wildman–Crippen LogP) is 4.69. The number of nitrogens with zero attached hydrogens (tertiary/aromatic N) is 1. The third-order valence-corrected chi connectivity index (χ3v) is 4.05. The van der Waals surface area contributed by atoms with Crippen LogP contribution in [0.5, 0.6) is 5.75 Å². The molecule has 1 aromatic heterocycles. The van der Waals surface area contributed by atoms with E-state index in [1.54, 1.807) is 36.2 Å². The molecule has 18 heavy (non-hydrogen) atoms. The summed E-state index contributed by atoms with van der Waals surface area (Å²) in [6, 6.07) is 7.16. The lowest BCUT2D eigenvalue weighted by atomic mass is 10.2. The Morgan fingerprint density at radius 1 is 1.28 bits per heavy atom. The van der Waals surface area contributed by atoms with Gasteiger partial charge in [0, 0.05) is 27.4 Å². The van der Waals surface area contributed by atoms with E-state index < -0.39 is 0 Å². The van der Waals surface area contributed by atoms with Crippen molar-refractivity contribution in [2.75, 3.05) is 0 Å². The molecule has 0 saturated heterocycles. The second-order valence-electron chi connectivity index (χ2n) is 3.86. The van der Waals surface area contributed by atoms with Crippen LogP contribution in [0.1, 0.15) is 11.1 Å². The van der Waals surface area contributed by atoms with Crippen LogP contribution in [0.25, 0.3) is 0 Å². The summed E-state index contributed by atoms with van der Waals surface area (Å²) in [6.07, 6.45) is 1.58. The zero-order valence-electron chi connectivity index (χ0n) is 9.65. The van der Waals surface area contributed by atoms with Crippen molar-refractivity contribution in [1.29, 1.82) is 0 Å². The minimum atomic E-state index is 0.265. The molecule has 1 heterocycles. The van der Waals surface area contributed by atoms with Crippen molar-refractivity contribution in [3.05, 3.63) is 51.8 Å². The lowest BCUT2D eigenvalue weighted by molar-refractivity contribution is 0.473. The van der Waals surface area contributed by atoms with Crippen LogP contribution < -0.4 is 0 Å². The average Bonchev–Trinajstić information content (AvgIpc) is 2.27. The van der Waals surface area contributed by atoms with Gasteiger partial charge in [-0.15, -0.1) is 11.8 Å². The fraction of sp³-hybridized carbons (Fsp3) is 0.154. The predicted molar refractivity (Wildman–Crippen MR) is 76.7 cm³/mol. The first-order valence-electron chi connectivity index (χ1n) is 5.28. The third-order valence-electron chi connectivity index (χ3n) is 2.36. The van der Waals surface area contributed by atoms with E-state index in [1.807, 2.05) is 13.0 Å². The Labute approximate surface area is 120 Å². The molecule has 94 valence electrons. The van der Waals surface area contributed by atoms with Crippen LogP contribution in [0.3, 0.4) is 0 Å². The zero-order chi connectivity index (χ0) is 13.1. The van der Waals surface area contributed by atoms with E-state index in [0.717, 1.165) is 16.0 Å². The summed E-state index contributed by atoms with van der Waals surface area (Å²) in [5, 5.41) is 10.6. The quantitative estimate of drug-likeness (QED) is 0.659. The maximum atomic E-state index is 9.52. The molecule has 0 aliphatic rings. The second-order valence-corrected chi connectivity index (χ2v) is 5.67. The maximum absolute atomic E-state index is 9.52. The van der Waals surface area contributed by atoms with Gasteiger partial charge in [0.1, 0.15) is 10.9 Å². The Bertz CT molecular complexity index is 534. The second kappa shape index (κ2) is 5.83. The number of phenols is 1. The lowest BCUT2D eigenvalue weighted by Gasteiger charge is -2.07. The van der Waals surface area contributed by atoms with Crippen LogP contribution in [0.4, 0.5) is 0 Å². The van der Waals surface area contributed by atoms with E-state index in [9.17, 15) is 5.11 Å². The van der Waals surface area contributed by atoms with Crippen molar-refractivity contribution >= 4 is 35.0 Å². The van der Waals surface area contributed by atoms with Gasteiger partial charge in [0.2, 0.25) is 0 Å². The Morgan fingerprint density at radius 3 is 2.72 bits per heavy atom. The summed E-state index contributed by atoms with van der Waals surface area (Å²) in [5.41, 5.74) is 1.83. The number of phenolic OH excluding ortho intramolecular Hbond substituents is 1. The van der Waals surface area contributed by atoms with Gasteiger partial charge in [-0.3, -0.25) is 0 Å². The normalized spacial score (nSPS) is 10.6. The number of aromatic nitrogens is 1. The molecule has 0 bridgehead atoms. The van der Waals surface area contributed by atoms with E-state index in [-0.39, 0.29) is 5.75 Å². The molecule has 0 aliphatic heterocycles. The van der Waals surface area contributed by atoms with Gasteiger partial charge in [0.25, 0.3) is 0 Å². The molecular weight excluding hydrogens is 289 g/mol. The van der Waals surface area contributed by atoms with E-state index in [4.69, 9.17) is 23.2 Å². The van der Waals surface area contributed by atoms with Crippen molar-refractivity contribution < 1.29 is 5.11 Å². The number of aryl methyl sites for hydroxylation is 1. The minimum Gasteiger partial charge on any atom is -0.508 e. The molecule has 1 N–H and O–H groups in total. The minimum absolute atomic E-state index is 0.265. The Kier molecular flexibility index (Phi) is 4.38. The molecule has 0 unspecified atom stereocenters. The van der Waals surface area contributed by atoms with E-state index in [0.29, 0.717) is 15.9 Å². The van der Waals surface area contributed by atoms with Gasteiger partial charge in [-0.1, -0.05) is 23.2 Å². The largest absolute Gasteiger partial charge is 0.508 e. The van der Waals surface area contributed by atoms with Crippen molar-refractivity contribution in [2.24, 2.45) is 0 Å². The molecule has 5 heteroatoms. The standard InChI is InChI=1S/C13H11Cl2NOS/c1-8-4-9(17)6-10(5-8)18-7-11-12(14)2-3-16-13(11)15/h2-6,17H,7H2,1H3. The molecule has 1 aromatic carbocycles. The summed E-state index contributed by atoms with van der Waals surface area (Å²) in [4.78, 5) is 4.98. The van der Waals surface area contributed by atoms with Gasteiger partial charge >= 0.3 is 0 Å². The molecule has 0 saturated carbocycles. The fourth-order valence-electron chi connectivity index (χ4n) is 1.54. The van der Waals surface area contributed by atoms with Crippen LogP contribution in [-0.4, -0.2) is 10.1 Å². The van der Waals surface area contributed by atoms with Crippen molar-refractivity contribution in [3.8, 4) is 5.75 Å². The highest BCUT2D eigenvalue weighted by atomic mass is 35.5. The molecule has 0 spiro atoms. The highest BCUT2D eigenvalue weighted by Gasteiger charge is 2.07. The molecule has 0 radical (unpaired) electrons. The number of benzene rings is 1. The summed E-state index contributed by atoms with van der Waals surface area (Å²) in [7, 11) is 0. The lowest BCUT2D eigenvalue weighted by Crippen LogP contribution is -1.88. The molecule has 2 aromatic rings. The van der Waals surface area contributed by atoms with Crippen LogP contribution in [0, 0.1) is 6.92 Å². The molecule has 2 rings (SSSR count). The Hall–Kier alpha value is -0.900. The van der Waals surface area contributed by atoms with Crippen LogP contribution in [-0.2, 0) is 5.75 Å². The summed E-state index contributed by atoms with van der Waals surface area (Å²) in [6.45, 7) is 1.94. The highest BCUT2D eigenvalue weighted by molar-refractivity contribution is 7.98. The molecule has 0 fully saturated rings. The summed E-state index contributed by atoms with van der Waals surface area (Å²) < 4.78 is 0. The van der Waals surface area contributed by atoms with Gasteiger partial charge in [-0.25, -0.2) is 4.98 Å². The van der Waals surface area contributed by atoms with Gasteiger partial charge in [-0.2, -0.15) is 0 Å². The SMILES string of the molecule is Cc1cc(O)cc(SCc2c(Cl)ccnc2Cl)c1. The Balaban J connectivity index is 2.16. The third kappa shape index (κ3) is 3.31. The first kappa shape index (κ1) is 13.5. The fourth-order valence-corrected chi connectivity index (χ4v) is 3.26. The van der Waals surface area contributed by atoms with Gasteiger partial charge in [0.05, 0.1) is 0 Å². The molecule has 2 nitrogen and oxygen atoms in total. The zero-order valence-corrected chi connectivity index (χ0v) is 12.0. The average molecular weight is 300 g/mol. The maximum Gasteiger partial charge on any atom is 0.134 e. The first-order valence-corrected chi connectivity index (χ1v) is 7.03. The van der Waals surface area contributed by atoms with Crippen LogP contribution >= 0.6 is 35.0 Å². The molecule has 0 atom stereocenters. The highest BCUT2D eigenvalue weighted by Crippen LogP contribution is 2.32. The topological polar surface area (TPSA) is 33.1 Å². The van der Waals surface area contributed by atoms with E-state index >= 15 is 0 Å². The number of thioether (sulfide) groups is 1. The first-order chi connectivity index (χ1) is 8.56. The number of pyridine rings is 1. The van der Waals surface area contributed by atoms with Crippen molar-refractivity contribution in [2.45, 2.75) is 17.6 Å². The van der Waals surface area contributed by atoms with Crippen molar-refractivity contribution in [1.82, 2.24) is 4.98 Å². The molecular formula is C13H11Cl2NOS. The summed E-state index contributed by atoms with van der Waals surface area (Å²) >= 11 is 13.6. The van der Waals surface area contributed by atoms with Gasteiger partial charge in [0.15, 0.2) is 0 Å². The Morgan fingerprint density at radius 2 is 2.06 bits per heavy atom. The smallest absolute Gasteiger partial charge is 0.134 e. The van der Waals surface area contributed by atoms with Crippen LogP contribution in [0.2, 0.25) is 10.2 Å². The number of aromatic hydroxyl groups is 1. The number of halogens is 2. The van der Waals surface area contributed by atoms with Crippen LogP contribution in [0.15, 0.2) is 35.4 Å². The van der Waals surface area contributed by atoms with Gasteiger partial charge in [-0.05, 0) is 36.8 Å². The monoisotopic (exact) mass is 299 g/mol. The van der Waals surface area contributed by atoms with Crippen molar-refractivity contribution in [3.63, 3.8) is 0 Å². The summed E-state index contributed by atoms with van der Waals surface area (Å²) in [5.74, 6) is 0.884. The molecule has 0 amide bonds. The number of rotatable bonds is 3. The van der Waals surface area contributed by atoms with Gasteiger partial charge < -0.3 is 5.11 Å². The number of hydrogen-bond donors (Lipinski definition) is 1. The molecule has 0 aliphatic carbocycles. The van der Waals surface area contributed by atoms with E-state index in [1.165, 1.54) is 0 Å².